The van der Waals surface area contributed by atoms with Crippen molar-refractivity contribution >= 4 is 11.6 Å². The second kappa shape index (κ2) is 9.92. The minimum Gasteiger partial charge on any atom is -0.493 e. The quantitative estimate of drug-likeness (QED) is 0.670. The molecule has 2 aromatic rings. The maximum Gasteiger partial charge on any atom is 0.224 e. The van der Waals surface area contributed by atoms with Gasteiger partial charge in [-0.15, -0.1) is 0 Å². The van der Waals surface area contributed by atoms with Crippen molar-refractivity contribution in [1.82, 2.24) is 0 Å². The number of benzene rings is 2. The summed E-state index contributed by atoms with van der Waals surface area (Å²) in [5.41, 5.74) is 0.691. The van der Waals surface area contributed by atoms with Crippen molar-refractivity contribution in [2.45, 2.75) is 31.8 Å². The van der Waals surface area contributed by atoms with Gasteiger partial charge in [0.1, 0.15) is 23.9 Å². The van der Waals surface area contributed by atoms with E-state index in [2.05, 4.69) is 5.32 Å². The zero-order valence-corrected chi connectivity index (χ0v) is 15.2. The van der Waals surface area contributed by atoms with E-state index in [1.54, 1.807) is 18.2 Å². The Morgan fingerprint density at radius 2 is 1.96 bits per heavy atom. The van der Waals surface area contributed by atoms with Crippen LogP contribution >= 0.6 is 0 Å². The normalized spacial score (nSPS) is 16.1. The lowest BCUT2D eigenvalue weighted by Crippen LogP contribution is -2.16. The van der Waals surface area contributed by atoms with Crippen LogP contribution in [0.3, 0.4) is 0 Å². The average molecular weight is 373 g/mol. The fourth-order valence-corrected chi connectivity index (χ4v) is 2.83. The van der Waals surface area contributed by atoms with Crippen molar-refractivity contribution in [3.05, 3.63) is 54.3 Å². The lowest BCUT2D eigenvalue weighted by molar-refractivity contribution is -0.116. The fourth-order valence-electron chi connectivity index (χ4n) is 2.83. The van der Waals surface area contributed by atoms with Gasteiger partial charge in [0.2, 0.25) is 5.91 Å². The van der Waals surface area contributed by atoms with Crippen molar-refractivity contribution in [3.8, 4) is 11.5 Å². The van der Waals surface area contributed by atoms with Gasteiger partial charge >= 0.3 is 0 Å². The predicted molar refractivity (Wildman–Crippen MR) is 101 cm³/mol. The molecule has 3 rings (SSSR count). The van der Waals surface area contributed by atoms with E-state index < -0.39 is 0 Å². The molecule has 1 N–H and O–H groups in total. The Morgan fingerprint density at radius 3 is 2.74 bits per heavy atom. The summed E-state index contributed by atoms with van der Waals surface area (Å²) in [5, 5.41) is 2.85. The Hall–Kier alpha value is -2.60. The maximum atomic E-state index is 13.1. The van der Waals surface area contributed by atoms with Crippen LogP contribution in [0.5, 0.6) is 11.5 Å². The molecule has 2 aromatic carbocycles. The summed E-state index contributed by atoms with van der Waals surface area (Å²) in [6.07, 6.45) is 3.11. The van der Waals surface area contributed by atoms with E-state index in [-0.39, 0.29) is 17.8 Å². The van der Waals surface area contributed by atoms with Crippen LogP contribution in [-0.4, -0.2) is 31.8 Å². The van der Waals surface area contributed by atoms with Gasteiger partial charge in [-0.25, -0.2) is 4.39 Å². The van der Waals surface area contributed by atoms with Crippen molar-refractivity contribution in [2.24, 2.45) is 0 Å². The van der Waals surface area contributed by atoms with Gasteiger partial charge in [-0.3, -0.25) is 4.79 Å². The number of halogens is 1. The van der Waals surface area contributed by atoms with Crippen molar-refractivity contribution < 1.29 is 23.4 Å². The number of hydrogen-bond donors (Lipinski definition) is 1. The predicted octanol–water partition coefficient (Wildman–Crippen LogP) is 4.18. The van der Waals surface area contributed by atoms with E-state index >= 15 is 0 Å². The third-order valence-electron chi connectivity index (χ3n) is 4.19. The molecule has 1 aliphatic rings. The standard InChI is InChI=1S/C21H24FNO4/c22-16-5-1-7-18(13-16)25-12-4-10-21(24)23-17-6-2-8-19(14-17)27-15-20-9-3-11-26-20/h1-2,5-8,13-14,20H,3-4,9-12,15H2,(H,23,24). The minimum atomic E-state index is -0.341. The molecule has 1 amide bonds. The third kappa shape index (κ3) is 6.57. The topological polar surface area (TPSA) is 56.8 Å². The Balaban J connectivity index is 1.37. The summed E-state index contributed by atoms with van der Waals surface area (Å²) < 4.78 is 29.8. The monoisotopic (exact) mass is 373 g/mol. The summed E-state index contributed by atoms with van der Waals surface area (Å²) in [5.74, 6) is 0.727. The summed E-state index contributed by atoms with van der Waals surface area (Å²) in [7, 11) is 0. The van der Waals surface area contributed by atoms with Crippen LogP contribution in [0.4, 0.5) is 10.1 Å². The molecule has 1 unspecified atom stereocenters. The summed E-state index contributed by atoms with van der Waals surface area (Å²) >= 11 is 0. The smallest absolute Gasteiger partial charge is 0.224 e. The van der Waals surface area contributed by atoms with Crippen molar-refractivity contribution in [3.63, 3.8) is 0 Å². The van der Waals surface area contributed by atoms with Crippen LogP contribution < -0.4 is 14.8 Å². The Kier molecular flexibility index (Phi) is 7.04. The summed E-state index contributed by atoms with van der Waals surface area (Å²) in [4.78, 5) is 12.1. The van der Waals surface area contributed by atoms with Gasteiger partial charge in [0.25, 0.3) is 0 Å². The molecule has 27 heavy (non-hydrogen) atoms. The molecule has 0 spiro atoms. The largest absolute Gasteiger partial charge is 0.493 e. The van der Waals surface area contributed by atoms with Gasteiger partial charge in [-0.1, -0.05) is 12.1 Å². The minimum absolute atomic E-state index is 0.103. The molecule has 6 heteroatoms. The molecule has 1 atom stereocenters. The first-order chi connectivity index (χ1) is 13.2. The van der Waals surface area contributed by atoms with E-state index in [9.17, 15) is 9.18 Å². The highest BCUT2D eigenvalue weighted by Gasteiger charge is 2.16. The van der Waals surface area contributed by atoms with Gasteiger partial charge in [0, 0.05) is 30.8 Å². The van der Waals surface area contributed by atoms with E-state index in [0.717, 1.165) is 19.4 Å². The molecular formula is C21H24FNO4. The first kappa shape index (κ1) is 19.2. The number of carbonyl (C=O) groups excluding carboxylic acids is 1. The molecule has 1 fully saturated rings. The van der Waals surface area contributed by atoms with Crippen molar-refractivity contribution in [2.75, 3.05) is 25.1 Å². The zero-order chi connectivity index (χ0) is 18.9. The Morgan fingerprint density at radius 1 is 1.15 bits per heavy atom. The average Bonchev–Trinajstić information content (AvgIpc) is 3.18. The number of carbonyl (C=O) groups is 1. The molecule has 1 saturated heterocycles. The van der Waals surface area contributed by atoms with Gasteiger partial charge in [0.15, 0.2) is 0 Å². The Bertz CT molecular complexity index is 746. The lowest BCUT2D eigenvalue weighted by Gasteiger charge is -2.12. The van der Waals surface area contributed by atoms with Crippen LogP contribution in [0.15, 0.2) is 48.5 Å². The number of rotatable bonds is 9. The Labute approximate surface area is 158 Å². The van der Waals surface area contributed by atoms with E-state index in [0.29, 0.717) is 43.2 Å². The van der Waals surface area contributed by atoms with Crippen LogP contribution in [0.2, 0.25) is 0 Å². The van der Waals surface area contributed by atoms with Crippen LogP contribution in [-0.2, 0) is 9.53 Å². The molecular weight excluding hydrogens is 349 g/mol. The highest BCUT2D eigenvalue weighted by molar-refractivity contribution is 5.90. The summed E-state index contributed by atoms with van der Waals surface area (Å²) in [6.45, 7) is 1.67. The molecule has 144 valence electrons. The van der Waals surface area contributed by atoms with Crippen LogP contribution in [0, 0.1) is 5.82 Å². The molecule has 0 bridgehead atoms. The SMILES string of the molecule is O=C(CCCOc1cccc(F)c1)Nc1cccc(OCC2CCCO2)c1. The number of anilines is 1. The molecule has 1 aliphatic heterocycles. The molecule has 0 aliphatic carbocycles. The highest BCUT2D eigenvalue weighted by Crippen LogP contribution is 2.20. The van der Waals surface area contributed by atoms with Gasteiger partial charge in [-0.2, -0.15) is 0 Å². The lowest BCUT2D eigenvalue weighted by atomic mass is 10.2. The van der Waals surface area contributed by atoms with E-state index in [1.165, 1.54) is 12.1 Å². The maximum absolute atomic E-state index is 13.1. The van der Waals surface area contributed by atoms with Gasteiger partial charge in [-0.05, 0) is 43.5 Å². The molecule has 0 saturated carbocycles. The second-order valence-corrected chi connectivity index (χ2v) is 6.43. The second-order valence-electron chi connectivity index (χ2n) is 6.43. The number of hydrogen-bond acceptors (Lipinski definition) is 4. The van der Waals surface area contributed by atoms with Gasteiger partial charge < -0.3 is 19.5 Å². The molecule has 0 radical (unpaired) electrons. The summed E-state index contributed by atoms with van der Waals surface area (Å²) in [6, 6.07) is 13.3. The third-order valence-corrected chi connectivity index (χ3v) is 4.19. The van der Waals surface area contributed by atoms with E-state index in [1.807, 2.05) is 18.2 Å². The zero-order valence-electron chi connectivity index (χ0n) is 15.2. The van der Waals surface area contributed by atoms with Crippen LogP contribution in [0.25, 0.3) is 0 Å². The van der Waals surface area contributed by atoms with Crippen molar-refractivity contribution in [1.29, 1.82) is 0 Å². The molecule has 0 aromatic heterocycles. The van der Waals surface area contributed by atoms with Crippen LogP contribution in [0.1, 0.15) is 25.7 Å². The molecule has 5 nitrogen and oxygen atoms in total. The number of amides is 1. The number of nitrogens with one attached hydrogen (secondary N) is 1. The van der Waals surface area contributed by atoms with Gasteiger partial charge in [0.05, 0.1) is 12.7 Å². The first-order valence-corrected chi connectivity index (χ1v) is 9.22. The van der Waals surface area contributed by atoms with E-state index in [4.69, 9.17) is 14.2 Å². The highest BCUT2D eigenvalue weighted by atomic mass is 19.1. The first-order valence-electron chi connectivity index (χ1n) is 9.22. The number of ether oxygens (including phenoxy) is 3. The fraction of sp³-hybridized carbons (Fsp3) is 0.381. The molecule has 1 heterocycles.